The van der Waals surface area contributed by atoms with E-state index in [9.17, 15) is 0 Å². The second-order valence-corrected chi connectivity index (χ2v) is 7.74. The van der Waals surface area contributed by atoms with E-state index in [2.05, 4.69) is 47.1 Å². The fourth-order valence-corrected chi connectivity index (χ4v) is 4.12. The Kier molecular flexibility index (Phi) is 5.16. The predicted molar refractivity (Wildman–Crippen MR) is 89.3 cm³/mol. The zero-order valence-corrected chi connectivity index (χ0v) is 15.5. The third kappa shape index (κ3) is 3.35. The van der Waals surface area contributed by atoms with E-state index in [0.29, 0.717) is 5.41 Å². The van der Waals surface area contributed by atoms with E-state index in [1.807, 2.05) is 25.0 Å². The summed E-state index contributed by atoms with van der Waals surface area (Å²) >= 11 is 3.64. The molecule has 21 heavy (non-hydrogen) atoms. The van der Waals surface area contributed by atoms with Gasteiger partial charge in [0.1, 0.15) is 0 Å². The minimum absolute atomic E-state index is 0.144. The maximum absolute atomic E-state index is 6.33. The van der Waals surface area contributed by atoms with Crippen LogP contribution in [0.3, 0.4) is 0 Å². The molecule has 1 saturated carbocycles. The fraction of sp³-hybridized carbons (Fsp3) is 0.812. The van der Waals surface area contributed by atoms with Gasteiger partial charge in [-0.3, -0.25) is 4.68 Å². The molecule has 0 radical (unpaired) electrons. The number of hydrogen-bond acceptors (Lipinski definition) is 3. The molecule has 1 unspecified atom stereocenters. The first-order chi connectivity index (χ1) is 9.85. The van der Waals surface area contributed by atoms with Gasteiger partial charge in [-0.1, -0.05) is 13.8 Å². The van der Waals surface area contributed by atoms with Crippen molar-refractivity contribution in [3.05, 3.63) is 16.4 Å². The highest BCUT2D eigenvalue weighted by molar-refractivity contribution is 9.10. The lowest BCUT2D eigenvalue weighted by Crippen LogP contribution is -2.49. The highest BCUT2D eigenvalue weighted by Gasteiger charge is 2.46. The number of nitrogens with one attached hydrogen (secondary N) is 1. The lowest BCUT2D eigenvalue weighted by Gasteiger charge is -2.47. The summed E-state index contributed by atoms with van der Waals surface area (Å²) in [4.78, 5) is 0. The number of nitrogens with zero attached hydrogens (tertiary/aromatic N) is 2. The monoisotopic (exact) mass is 357 g/mol. The summed E-state index contributed by atoms with van der Waals surface area (Å²) in [5.74, 6) is 0. The molecule has 4 nitrogen and oxygen atoms in total. The van der Waals surface area contributed by atoms with Crippen LogP contribution in [-0.2, 0) is 11.8 Å². The molecule has 1 N–H and O–H groups in total. The highest BCUT2D eigenvalue weighted by Crippen LogP contribution is 2.48. The van der Waals surface area contributed by atoms with Crippen LogP contribution in [0.15, 0.2) is 10.7 Å². The molecule has 0 amide bonds. The van der Waals surface area contributed by atoms with Gasteiger partial charge < -0.3 is 10.1 Å². The molecule has 1 heterocycles. The van der Waals surface area contributed by atoms with E-state index in [-0.39, 0.29) is 11.6 Å². The molecule has 2 rings (SSSR count). The molecule has 0 aromatic carbocycles. The molecule has 1 atom stereocenters. The molecular formula is C16H28BrN3O. The van der Waals surface area contributed by atoms with Crippen molar-refractivity contribution in [3.8, 4) is 0 Å². The van der Waals surface area contributed by atoms with E-state index < -0.39 is 0 Å². The molecule has 5 heteroatoms. The Labute approximate surface area is 136 Å². The first-order valence-electron chi connectivity index (χ1n) is 7.84. The van der Waals surface area contributed by atoms with Gasteiger partial charge in [-0.15, -0.1) is 0 Å². The maximum atomic E-state index is 6.33. The Balaban J connectivity index is 2.36. The molecule has 1 aliphatic rings. The predicted octanol–water partition coefficient (Wildman–Crippen LogP) is 3.82. The molecular weight excluding hydrogens is 330 g/mol. The molecule has 0 bridgehead atoms. The Morgan fingerprint density at radius 2 is 2.00 bits per heavy atom. The molecule has 0 saturated heterocycles. The quantitative estimate of drug-likeness (QED) is 0.870. The standard InChI is InChI=1S/C16H28BrN3O/c1-6-21-16(9-7-15(2,3)8-10-16)14(18-4)13-12(17)11-19-20(13)5/h11,14,18H,6-10H2,1-5H3. The Bertz CT molecular complexity index is 454. The van der Waals surface area contributed by atoms with Crippen molar-refractivity contribution in [3.63, 3.8) is 0 Å². The molecule has 1 fully saturated rings. The molecule has 0 spiro atoms. The lowest BCUT2D eigenvalue weighted by molar-refractivity contribution is -0.108. The number of halogens is 1. The number of rotatable bonds is 5. The van der Waals surface area contributed by atoms with Crippen LogP contribution in [0.4, 0.5) is 0 Å². The van der Waals surface area contributed by atoms with Crippen LogP contribution in [0.5, 0.6) is 0 Å². The fourth-order valence-electron chi connectivity index (χ4n) is 3.55. The van der Waals surface area contributed by atoms with Gasteiger partial charge in [0.05, 0.1) is 28.0 Å². The molecule has 1 aliphatic carbocycles. The summed E-state index contributed by atoms with van der Waals surface area (Å²) in [6.45, 7) is 7.55. The van der Waals surface area contributed by atoms with Gasteiger partial charge >= 0.3 is 0 Å². The first-order valence-corrected chi connectivity index (χ1v) is 8.63. The number of aryl methyl sites for hydroxylation is 1. The Morgan fingerprint density at radius 3 is 2.43 bits per heavy atom. The highest BCUT2D eigenvalue weighted by atomic mass is 79.9. The number of likely N-dealkylation sites (N-methyl/N-ethyl adjacent to an activating group) is 1. The van der Waals surface area contributed by atoms with Crippen molar-refractivity contribution in [2.75, 3.05) is 13.7 Å². The van der Waals surface area contributed by atoms with Crippen LogP contribution < -0.4 is 5.32 Å². The van der Waals surface area contributed by atoms with Crippen molar-refractivity contribution in [1.29, 1.82) is 0 Å². The SMILES string of the molecule is CCOC1(C(NC)c2c(Br)cnn2C)CCC(C)(C)CC1. The average Bonchev–Trinajstić information content (AvgIpc) is 2.75. The summed E-state index contributed by atoms with van der Waals surface area (Å²) in [6, 6.07) is 0.149. The normalized spacial score (nSPS) is 22.2. The van der Waals surface area contributed by atoms with Gasteiger partial charge in [0.2, 0.25) is 0 Å². The van der Waals surface area contributed by atoms with Crippen LogP contribution in [-0.4, -0.2) is 29.0 Å². The molecule has 1 aromatic heterocycles. The van der Waals surface area contributed by atoms with Crippen molar-refractivity contribution >= 4 is 15.9 Å². The zero-order valence-electron chi connectivity index (χ0n) is 13.9. The van der Waals surface area contributed by atoms with Gasteiger partial charge in [0, 0.05) is 13.7 Å². The number of aromatic nitrogens is 2. The van der Waals surface area contributed by atoms with Crippen LogP contribution in [0.25, 0.3) is 0 Å². The third-order valence-corrected chi connectivity index (χ3v) is 5.52. The van der Waals surface area contributed by atoms with E-state index in [1.165, 1.54) is 18.5 Å². The summed E-state index contributed by atoms with van der Waals surface area (Å²) in [6.07, 6.45) is 6.42. The minimum atomic E-state index is -0.144. The lowest BCUT2D eigenvalue weighted by atomic mass is 9.68. The van der Waals surface area contributed by atoms with Gasteiger partial charge in [-0.2, -0.15) is 5.10 Å². The van der Waals surface area contributed by atoms with Crippen LogP contribution in [0, 0.1) is 5.41 Å². The topological polar surface area (TPSA) is 39.1 Å². The summed E-state index contributed by atoms with van der Waals surface area (Å²) < 4.78 is 9.33. The van der Waals surface area contributed by atoms with Crippen LogP contribution in [0.2, 0.25) is 0 Å². The summed E-state index contributed by atoms with van der Waals surface area (Å²) in [5, 5.41) is 7.87. The zero-order chi connectivity index (χ0) is 15.7. The van der Waals surface area contributed by atoms with E-state index in [4.69, 9.17) is 4.74 Å². The van der Waals surface area contributed by atoms with Crippen molar-refractivity contribution in [2.45, 2.75) is 58.1 Å². The second kappa shape index (κ2) is 6.39. The largest absolute Gasteiger partial charge is 0.373 e. The molecule has 0 aliphatic heterocycles. The van der Waals surface area contributed by atoms with Crippen molar-refractivity contribution < 1.29 is 4.74 Å². The van der Waals surface area contributed by atoms with Gasteiger partial charge in [-0.25, -0.2) is 0 Å². The average molecular weight is 358 g/mol. The van der Waals surface area contributed by atoms with E-state index in [0.717, 1.165) is 23.9 Å². The van der Waals surface area contributed by atoms with Crippen LogP contribution in [0.1, 0.15) is 58.2 Å². The Hall–Kier alpha value is -0.390. The van der Waals surface area contributed by atoms with Gasteiger partial charge in [0.25, 0.3) is 0 Å². The number of hydrogen-bond donors (Lipinski definition) is 1. The molecule has 1 aromatic rings. The smallest absolute Gasteiger partial charge is 0.0892 e. The maximum Gasteiger partial charge on any atom is 0.0892 e. The number of ether oxygens (including phenoxy) is 1. The minimum Gasteiger partial charge on any atom is -0.373 e. The van der Waals surface area contributed by atoms with Crippen molar-refractivity contribution in [2.24, 2.45) is 12.5 Å². The van der Waals surface area contributed by atoms with Gasteiger partial charge in [0.15, 0.2) is 0 Å². The first kappa shape index (κ1) is 17.0. The van der Waals surface area contributed by atoms with Crippen molar-refractivity contribution in [1.82, 2.24) is 15.1 Å². The summed E-state index contributed by atoms with van der Waals surface area (Å²) in [5.41, 5.74) is 1.45. The van der Waals surface area contributed by atoms with E-state index in [1.54, 1.807) is 0 Å². The van der Waals surface area contributed by atoms with Gasteiger partial charge in [-0.05, 0) is 61.0 Å². The third-order valence-electron chi connectivity index (χ3n) is 4.91. The van der Waals surface area contributed by atoms with Crippen LogP contribution >= 0.6 is 15.9 Å². The molecule has 120 valence electrons. The van der Waals surface area contributed by atoms with E-state index >= 15 is 0 Å². The Morgan fingerprint density at radius 1 is 1.38 bits per heavy atom. The summed E-state index contributed by atoms with van der Waals surface area (Å²) in [7, 11) is 4.02. The second-order valence-electron chi connectivity index (χ2n) is 6.89.